The first kappa shape index (κ1) is 84.4. The Morgan fingerprint density at radius 1 is 0.469 bits per heavy atom. The fraction of sp³-hybridized carbons (Fsp3) is 0.299. The molecule has 0 bridgehead atoms. The van der Waals surface area contributed by atoms with E-state index < -0.39 is 25.6 Å². The second kappa shape index (κ2) is 40.6. The van der Waals surface area contributed by atoms with Gasteiger partial charge in [-0.2, -0.15) is 20.2 Å². The van der Waals surface area contributed by atoms with Gasteiger partial charge in [0, 0.05) is 67.9 Å². The van der Waals surface area contributed by atoms with Crippen LogP contribution in [0.2, 0.25) is 0 Å². The number of carbonyl (C=O) groups excluding carboxylic acids is 2. The number of alkyl halides is 4. The summed E-state index contributed by atoms with van der Waals surface area (Å²) in [5.41, 5.74) is 19.4. The van der Waals surface area contributed by atoms with Crippen LogP contribution in [0.4, 0.5) is 0 Å². The normalized spacial score (nSPS) is 14.5. The van der Waals surface area contributed by atoms with Gasteiger partial charge in [0.25, 0.3) is 0 Å². The number of nitriles is 2. The third kappa shape index (κ3) is 17.0. The zero-order valence-corrected chi connectivity index (χ0v) is 78.6. The summed E-state index contributed by atoms with van der Waals surface area (Å²) in [5, 5.41) is 20.9. The predicted molar refractivity (Wildman–Crippen MR) is 503 cm³/mol. The van der Waals surface area contributed by atoms with Crippen LogP contribution in [0.15, 0.2) is 192 Å². The van der Waals surface area contributed by atoms with Gasteiger partial charge in [-0.3, -0.25) is 9.59 Å². The molecule has 0 unspecified atom stereocenters. The molecule has 0 aliphatic heterocycles. The average molecular weight is 2050 g/mol. The van der Waals surface area contributed by atoms with Gasteiger partial charge in [-0.05, 0) is 177 Å². The van der Waals surface area contributed by atoms with Gasteiger partial charge in [0.1, 0.15) is 30.9 Å². The number of allylic oxidation sites excluding steroid dienone is 5. The van der Waals surface area contributed by atoms with E-state index in [1.165, 1.54) is 165 Å². The maximum Gasteiger partial charge on any atom is 0.528 e. The number of hydrogen-bond acceptors (Lipinski definition) is 8. The minimum Gasteiger partial charge on any atom is -0.289 e. The monoisotopic (exact) mass is 2040 g/mol. The van der Waals surface area contributed by atoms with E-state index in [2.05, 4.69) is 231 Å². The fourth-order valence-corrected chi connectivity index (χ4v) is 40.1. The van der Waals surface area contributed by atoms with E-state index in [1.807, 2.05) is 82.9 Å². The molecule has 113 heavy (non-hydrogen) atoms. The molecular formula is C97H91Br4I2N4O2S4-. The SMILES string of the molecule is CBr.CBr.[3H]I(Br)[I-]CBr.[C-]#[N+]C([N+]#[C-])=C1/C(=C\c2cc3sc4c(c3s2)C(c2ccc(CCCCCC)cc2)(c2ccc(CCCCCC)cc2)c2cc3c(cc2-4)C(c2ccc(CCCCCC)cc2)(c2ccc(CCCCCC)cc2)c2c-3sc3cc(/C=C4/C(=O)c5ccccc5C4=C(C#N)C#N)sc23)C(=O)c2ccccc21. The third-order valence-corrected chi connectivity index (χ3v) is 44.8. The third-order valence-electron chi connectivity index (χ3n) is 22.3. The summed E-state index contributed by atoms with van der Waals surface area (Å²) in [5.74, 6) is 3.15. The molecule has 6 nitrogen and oxygen atoms in total. The zero-order chi connectivity index (χ0) is 80.6. The standard InChI is InChI=1S/C94H82N4O2S4.CH3Br2I2.2CH3Br/c1-7-11-15-19-27-59-35-43-64(44-36-59)93(65-45-37-60(38-46-65)28-20-16-12-8-2)78-56-75-79(55-74(78)88-84(93)90-80(103-88)53-68(101-90)51-76-82(63(57-95)58-96)70-31-23-25-33-72(70)86(76)99)94(66-47-39-61(40-48-66)29-21-17-13-9-3,67-49-41-62(42-50-67)30-22-18-14-10-4)85-89(75)104-81-54-69(102-91(81)85)52-77-83(92(97-5)98-6)71-32-24-26-34-73(71)87(77)100;2-1-4-5-3;2*1-2/h23-26,31-56H,7-22,27-30H2,1-4H3;5H,1H2;2*1H3/q;-1;;/b76-51+,77-52+;;;/i;5T;;. The number of fused-ring (bicyclic) bond motifs is 12. The van der Waals surface area contributed by atoms with Crippen molar-refractivity contribution >= 4 is 174 Å². The van der Waals surface area contributed by atoms with E-state index in [1.54, 1.807) is 34.8 Å². The van der Waals surface area contributed by atoms with Crippen LogP contribution in [0.3, 0.4) is 0 Å². The van der Waals surface area contributed by atoms with Gasteiger partial charge < -0.3 is 0 Å². The number of nitrogens with zero attached hydrogens (tertiary/aromatic N) is 4. The molecule has 15 rings (SSSR count). The van der Waals surface area contributed by atoms with Crippen molar-refractivity contribution in [2.24, 2.45) is 0 Å². The number of Topliss-reactive ketones (excluding diaryl/α,β-unsaturated/α-hetero) is 2. The Kier molecular flexibility index (Phi) is 30.3. The minimum absolute atomic E-state index is 0.0786. The molecule has 0 radical (unpaired) electrons. The minimum atomic E-state index is -1.18. The van der Waals surface area contributed by atoms with E-state index >= 15 is 0 Å². The Hall–Kier alpha value is -6.50. The van der Waals surface area contributed by atoms with Gasteiger partial charge in [0.05, 0.1) is 25.8 Å². The maximum absolute atomic E-state index is 14.7. The molecule has 0 amide bonds. The van der Waals surface area contributed by atoms with Gasteiger partial charge in [0.2, 0.25) is 0 Å². The van der Waals surface area contributed by atoms with Crippen LogP contribution in [0.1, 0.15) is 239 Å². The Morgan fingerprint density at radius 2 is 0.796 bits per heavy atom. The average Bonchev–Trinajstić information content (AvgIpc) is 1.49. The van der Waals surface area contributed by atoms with Gasteiger partial charge in [0.15, 0.2) is 11.6 Å². The summed E-state index contributed by atoms with van der Waals surface area (Å²) in [4.78, 5) is 40.9. The van der Waals surface area contributed by atoms with Crippen molar-refractivity contribution < 1.29 is 26.8 Å². The summed E-state index contributed by atoms with van der Waals surface area (Å²) in [7, 11) is 0. The first-order chi connectivity index (χ1) is 55.8. The molecule has 0 saturated heterocycles. The summed E-state index contributed by atoms with van der Waals surface area (Å²) in [6.45, 7) is 25.4. The van der Waals surface area contributed by atoms with Crippen LogP contribution < -0.4 is 17.2 Å². The number of hydrogen-bond donors (Lipinski definition) is 0. The quantitative estimate of drug-likeness (QED) is 0.0122. The number of aryl methyl sites for hydroxylation is 4. The van der Waals surface area contributed by atoms with Crippen LogP contribution in [-0.2, 0) is 36.5 Å². The van der Waals surface area contributed by atoms with Crippen LogP contribution in [-0.4, -0.2) is 27.2 Å². The number of benzene rings is 7. The number of halogens is 6. The molecule has 4 aromatic heterocycles. The molecule has 0 spiro atoms. The van der Waals surface area contributed by atoms with Crippen molar-refractivity contribution in [2.45, 2.75) is 167 Å². The smallest absolute Gasteiger partial charge is 0.289 e. The molecule has 4 aliphatic carbocycles. The molecule has 0 fully saturated rings. The van der Waals surface area contributed by atoms with Crippen molar-refractivity contribution in [1.29, 1.82) is 11.1 Å². The second-order valence-corrected chi connectivity index (χ2v) is 53.5. The van der Waals surface area contributed by atoms with Crippen LogP contribution >= 0.6 is 121 Å². The van der Waals surface area contributed by atoms with Gasteiger partial charge in [-0.1, -0.05) is 282 Å². The van der Waals surface area contributed by atoms with Crippen LogP contribution in [0, 0.1) is 35.8 Å². The van der Waals surface area contributed by atoms with E-state index in [0.29, 0.717) is 44.5 Å². The Morgan fingerprint density at radius 3 is 1.10 bits per heavy atom. The Bertz CT molecular complexity index is 5170. The molecular weight excluding hydrogens is 1950 g/mol. The van der Waals surface area contributed by atoms with Crippen molar-refractivity contribution in [3.63, 3.8) is 0 Å². The predicted octanol–water partition coefficient (Wildman–Crippen LogP) is 27.7. The number of rotatable bonds is 28. The van der Waals surface area contributed by atoms with Crippen LogP contribution in [0.25, 0.3) is 72.7 Å². The van der Waals surface area contributed by atoms with Crippen molar-refractivity contribution in [3.05, 3.63) is 314 Å². The van der Waals surface area contributed by atoms with Gasteiger partial charge >= 0.3 is 70.4 Å². The summed E-state index contributed by atoms with van der Waals surface area (Å²) in [6, 6.07) is 67.1. The number of thiophene rings is 4. The number of unbranched alkanes of at least 4 members (excludes halogenated alkanes) is 12. The van der Waals surface area contributed by atoms with Gasteiger partial charge in [-0.25, -0.2) is 0 Å². The van der Waals surface area contributed by atoms with Crippen molar-refractivity contribution in [1.82, 2.24) is 0 Å². The van der Waals surface area contributed by atoms with Gasteiger partial charge in [-0.15, -0.1) is 45.3 Å². The first-order valence-corrected chi connectivity index (χ1v) is 59.3. The van der Waals surface area contributed by atoms with Crippen molar-refractivity contribution in [3.8, 4) is 33.0 Å². The Balaban J connectivity index is 0.00000114. The largest absolute Gasteiger partial charge is 0.528 e. The fourth-order valence-electron chi connectivity index (χ4n) is 17.1. The molecule has 16 heteroatoms. The van der Waals surface area contributed by atoms with E-state index in [4.69, 9.17) is 13.7 Å². The maximum atomic E-state index is 14.7. The van der Waals surface area contributed by atoms with E-state index in [0.717, 1.165) is 83.3 Å². The topological polar surface area (TPSA) is 90.4 Å². The first-order valence-electron chi connectivity index (χ1n) is 39.5. The van der Waals surface area contributed by atoms with Crippen molar-refractivity contribution in [2.75, 3.05) is 15.0 Å². The molecule has 0 atom stereocenters. The molecule has 4 aliphatic rings. The van der Waals surface area contributed by atoms with E-state index in [-0.39, 0.29) is 40.2 Å². The molecule has 0 N–H and O–H groups in total. The number of carbonyl (C=O) groups is 2. The number of ketones is 2. The summed E-state index contributed by atoms with van der Waals surface area (Å²) < 4.78 is 12.7. The van der Waals surface area contributed by atoms with E-state index in [9.17, 15) is 20.1 Å². The second-order valence-electron chi connectivity index (χ2n) is 28.8. The summed E-state index contributed by atoms with van der Waals surface area (Å²) >= 11 is 18.5. The Labute approximate surface area is 732 Å². The summed E-state index contributed by atoms with van der Waals surface area (Å²) in [6.07, 6.45) is 26.8. The zero-order valence-electron chi connectivity index (χ0n) is 65.7. The van der Waals surface area contributed by atoms with Crippen LogP contribution in [0.5, 0.6) is 0 Å². The molecule has 0 saturated carbocycles. The molecule has 7 aromatic carbocycles. The molecule has 578 valence electrons. The molecule has 4 heterocycles. The molecule has 11 aromatic rings.